The van der Waals surface area contributed by atoms with Crippen molar-refractivity contribution in [2.45, 2.75) is 45.2 Å². The van der Waals surface area contributed by atoms with E-state index in [-0.39, 0.29) is 0 Å². The first kappa shape index (κ1) is 15.4. The van der Waals surface area contributed by atoms with Crippen LogP contribution in [0.25, 0.3) is 0 Å². The van der Waals surface area contributed by atoms with Crippen molar-refractivity contribution in [1.82, 2.24) is 10.2 Å². The van der Waals surface area contributed by atoms with E-state index in [0.29, 0.717) is 18.2 Å². The van der Waals surface area contributed by atoms with Crippen molar-refractivity contribution in [3.8, 4) is 0 Å². The fraction of sp³-hybridized carbons (Fsp3) is 0.625. The molecule has 0 aromatic heterocycles. The van der Waals surface area contributed by atoms with Crippen LogP contribution in [0.3, 0.4) is 0 Å². The lowest BCUT2D eigenvalue weighted by atomic mass is 10.1. The van der Waals surface area contributed by atoms with Gasteiger partial charge in [-0.15, -0.1) is 0 Å². The number of nitrogens with one attached hydrogen (secondary N) is 1. The second-order valence-corrected chi connectivity index (χ2v) is 5.62. The Bertz CT molecular complexity index is 417. The van der Waals surface area contributed by atoms with Gasteiger partial charge in [0.05, 0.1) is 0 Å². The molecule has 1 atom stereocenters. The third-order valence-corrected chi connectivity index (χ3v) is 3.88. The summed E-state index contributed by atoms with van der Waals surface area (Å²) in [5.41, 5.74) is 0.584. The molecule has 1 aliphatic heterocycles. The molecule has 1 aromatic carbocycles. The van der Waals surface area contributed by atoms with E-state index in [1.165, 1.54) is 18.9 Å². The summed E-state index contributed by atoms with van der Waals surface area (Å²) in [5, 5.41) is 3.48. The van der Waals surface area contributed by atoms with E-state index >= 15 is 0 Å². The predicted molar refractivity (Wildman–Crippen MR) is 77.6 cm³/mol. The Morgan fingerprint density at radius 2 is 2.20 bits per heavy atom. The highest BCUT2D eigenvalue weighted by Crippen LogP contribution is 2.15. The molecular formula is C16H24F2N2. The molecule has 2 nitrogen and oxygen atoms in total. The van der Waals surface area contributed by atoms with E-state index in [1.807, 2.05) is 0 Å². The van der Waals surface area contributed by atoms with Gasteiger partial charge in [0.2, 0.25) is 0 Å². The van der Waals surface area contributed by atoms with E-state index < -0.39 is 11.6 Å². The average Bonchev–Trinajstić information content (AvgIpc) is 2.92. The molecule has 1 aliphatic rings. The summed E-state index contributed by atoms with van der Waals surface area (Å²) in [5.74, 6) is -0.949. The third-order valence-electron chi connectivity index (χ3n) is 3.88. The fourth-order valence-electron chi connectivity index (χ4n) is 2.73. The molecule has 1 N–H and O–H groups in total. The lowest BCUT2D eigenvalue weighted by Crippen LogP contribution is -2.37. The van der Waals surface area contributed by atoms with Gasteiger partial charge in [-0.05, 0) is 38.4 Å². The summed E-state index contributed by atoms with van der Waals surface area (Å²) in [6.45, 7) is 5.70. The van der Waals surface area contributed by atoms with E-state index in [9.17, 15) is 8.78 Å². The van der Waals surface area contributed by atoms with Gasteiger partial charge in [0.25, 0.3) is 0 Å². The lowest BCUT2D eigenvalue weighted by molar-refractivity contribution is 0.234. The number of hydrogen-bond donors (Lipinski definition) is 1. The number of nitrogens with zero attached hydrogens (tertiary/aromatic N) is 1. The second-order valence-electron chi connectivity index (χ2n) is 5.62. The molecule has 0 radical (unpaired) electrons. The minimum absolute atomic E-state index is 0.439. The Morgan fingerprint density at radius 1 is 1.35 bits per heavy atom. The normalized spacial score (nSPS) is 18.9. The summed E-state index contributed by atoms with van der Waals surface area (Å²) in [4.78, 5) is 2.28. The number of rotatable bonds is 7. The van der Waals surface area contributed by atoms with E-state index in [4.69, 9.17) is 0 Å². The van der Waals surface area contributed by atoms with E-state index in [0.717, 1.165) is 38.5 Å². The van der Waals surface area contributed by atoms with Crippen LogP contribution in [0, 0.1) is 11.6 Å². The molecule has 1 unspecified atom stereocenters. The molecule has 1 aromatic rings. The first-order valence-corrected chi connectivity index (χ1v) is 7.58. The van der Waals surface area contributed by atoms with Crippen LogP contribution in [0.4, 0.5) is 8.78 Å². The third kappa shape index (κ3) is 4.53. The zero-order valence-corrected chi connectivity index (χ0v) is 12.2. The van der Waals surface area contributed by atoms with Gasteiger partial charge >= 0.3 is 0 Å². The number of benzene rings is 1. The highest BCUT2D eigenvalue weighted by molar-refractivity contribution is 5.18. The molecular weight excluding hydrogens is 258 g/mol. The maximum absolute atomic E-state index is 13.8. The lowest BCUT2D eigenvalue weighted by Gasteiger charge is -2.25. The molecule has 112 valence electrons. The molecule has 0 bridgehead atoms. The van der Waals surface area contributed by atoms with Crippen LogP contribution in [0.15, 0.2) is 18.2 Å². The van der Waals surface area contributed by atoms with Gasteiger partial charge in [-0.1, -0.05) is 19.4 Å². The van der Waals surface area contributed by atoms with Crippen LogP contribution < -0.4 is 5.32 Å². The zero-order chi connectivity index (χ0) is 14.4. The quantitative estimate of drug-likeness (QED) is 0.825. The molecule has 0 saturated carbocycles. The molecule has 2 rings (SSSR count). The largest absolute Gasteiger partial charge is 0.313 e. The first-order chi connectivity index (χ1) is 9.69. The first-order valence-electron chi connectivity index (χ1n) is 7.58. The summed E-state index contributed by atoms with van der Waals surface area (Å²) in [7, 11) is 0. The van der Waals surface area contributed by atoms with Crippen molar-refractivity contribution in [1.29, 1.82) is 0 Å². The fourth-order valence-corrected chi connectivity index (χ4v) is 2.73. The highest BCUT2D eigenvalue weighted by atomic mass is 19.1. The van der Waals surface area contributed by atoms with Crippen LogP contribution in [-0.4, -0.2) is 30.6 Å². The van der Waals surface area contributed by atoms with Crippen LogP contribution in [0.1, 0.15) is 38.2 Å². The maximum Gasteiger partial charge on any atom is 0.130 e. The average molecular weight is 282 g/mol. The zero-order valence-electron chi connectivity index (χ0n) is 12.2. The summed E-state index contributed by atoms with van der Waals surface area (Å²) >= 11 is 0. The van der Waals surface area contributed by atoms with Crippen molar-refractivity contribution in [3.63, 3.8) is 0 Å². The monoisotopic (exact) mass is 282 g/mol. The van der Waals surface area contributed by atoms with Crippen LogP contribution in [-0.2, 0) is 6.54 Å². The maximum atomic E-state index is 13.8. The number of hydrogen-bond acceptors (Lipinski definition) is 2. The SMILES string of the molecule is CCCCN(Cc1ccc(F)cc1F)CC1CCCN1. The van der Waals surface area contributed by atoms with Crippen LogP contribution >= 0.6 is 0 Å². The van der Waals surface area contributed by atoms with Gasteiger partial charge in [0, 0.05) is 30.8 Å². The summed E-state index contributed by atoms with van der Waals surface area (Å²) in [6, 6.07) is 4.38. The van der Waals surface area contributed by atoms with Gasteiger partial charge in [0.15, 0.2) is 0 Å². The highest BCUT2D eigenvalue weighted by Gasteiger charge is 2.18. The van der Waals surface area contributed by atoms with Gasteiger partial charge < -0.3 is 5.32 Å². The number of halogens is 2. The van der Waals surface area contributed by atoms with Gasteiger partial charge in [-0.3, -0.25) is 4.90 Å². The molecule has 1 saturated heterocycles. The molecule has 1 fully saturated rings. The van der Waals surface area contributed by atoms with Crippen LogP contribution in [0.5, 0.6) is 0 Å². The van der Waals surface area contributed by atoms with Crippen molar-refractivity contribution >= 4 is 0 Å². The van der Waals surface area contributed by atoms with Gasteiger partial charge in [0.1, 0.15) is 11.6 Å². The topological polar surface area (TPSA) is 15.3 Å². The van der Waals surface area contributed by atoms with Crippen molar-refractivity contribution < 1.29 is 8.78 Å². The van der Waals surface area contributed by atoms with Crippen molar-refractivity contribution in [3.05, 3.63) is 35.4 Å². The molecule has 0 spiro atoms. The smallest absolute Gasteiger partial charge is 0.130 e. The Morgan fingerprint density at radius 3 is 2.85 bits per heavy atom. The number of unbranched alkanes of at least 4 members (excludes halogenated alkanes) is 1. The Kier molecular flexibility index (Phi) is 5.92. The van der Waals surface area contributed by atoms with Crippen molar-refractivity contribution in [2.24, 2.45) is 0 Å². The Labute approximate surface area is 120 Å². The molecule has 0 aliphatic carbocycles. The van der Waals surface area contributed by atoms with Gasteiger partial charge in [-0.2, -0.15) is 0 Å². The predicted octanol–water partition coefficient (Wildman–Crippen LogP) is 3.32. The molecule has 4 heteroatoms. The van der Waals surface area contributed by atoms with E-state index in [2.05, 4.69) is 17.1 Å². The minimum atomic E-state index is -0.510. The standard InChI is InChI=1S/C16H24F2N2/c1-2-3-9-20(12-15-5-4-8-19-15)11-13-6-7-14(17)10-16(13)18/h6-7,10,15,19H,2-5,8-9,11-12H2,1H3. The Balaban J connectivity index is 1.97. The summed E-state index contributed by atoms with van der Waals surface area (Å²) in [6.07, 6.45) is 4.64. The van der Waals surface area contributed by atoms with E-state index in [1.54, 1.807) is 6.07 Å². The van der Waals surface area contributed by atoms with Crippen LogP contribution in [0.2, 0.25) is 0 Å². The summed E-state index contributed by atoms with van der Waals surface area (Å²) < 4.78 is 26.7. The molecule has 1 heterocycles. The molecule has 0 amide bonds. The van der Waals surface area contributed by atoms with Crippen molar-refractivity contribution in [2.75, 3.05) is 19.6 Å². The molecule has 20 heavy (non-hydrogen) atoms. The minimum Gasteiger partial charge on any atom is -0.313 e. The Hall–Kier alpha value is -1.00. The van der Waals surface area contributed by atoms with Gasteiger partial charge in [-0.25, -0.2) is 8.78 Å². The second kappa shape index (κ2) is 7.70.